The van der Waals surface area contributed by atoms with Crippen molar-refractivity contribution in [2.45, 2.75) is 38.6 Å². The molecule has 102 valence electrons. The zero-order chi connectivity index (χ0) is 12.7. The third kappa shape index (κ3) is 6.35. The summed E-state index contributed by atoms with van der Waals surface area (Å²) in [5.41, 5.74) is 5.35. The maximum Gasteiger partial charge on any atom is 0.211 e. The molecule has 1 saturated heterocycles. The molecule has 0 saturated carbocycles. The molecular formula is C11H25N3O2S. The van der Waals surface area contributed by atoms with E-state index >= 15 is 0 Å². The van der Waals surface area contributed by atoms with Gasteiger partial charge in [-0.25, -0.2) is 13.1 Å². The average Bonchev–Trinajstić information content (AvgIpc) is 2.69. The van der Waals surface area contributed by atoms with Crippen molar-refractivity contribution >= 4 is 10.0 Å². The molecule has 3 N–H and O–H groups in total. The van der Waals surface area contributed by atoms with Gasteiger partial charge >= 0.3 is 0 Å². The van der Waals surface area contributed by atoms with E-state index in [2.05, 4.69) is 9.62 Å². The van der Waals surface area contributed by atoms with E-state index < -0.39 is 10.0 Å². The first-order valence-electron chi connectivity index (χ1n) is 6.46. The lowest BCUT2D eigenvalue weighted by Gasteiger charge is -2.21. The number of rotatable bonds is 8. The van der Waals surface area contributed by atoms with Crippen LogP contribution in [-0.4, -0.2) is 51.3 Å². The summed E-state index contributed by atoms with van der Waals surface area (Å²) < 4.78 is 26.2. The summed E-state index contributed by atoms with van der Waals surface area (Å²) in [7, 11) is -3.13. The number of nitrogens with two attached hydrogens (primary N) is 1. The van der Waals surface area contributed by atoms with Gasteiger partial charge in [-0.3, -0.25) is 0 Å². The lowest BCUT2D eigenvalue weighted by atomic mass is 10.3. The van der Waals surface area contributed by atoms with Gasteiger partial charge in [0.05, 0.1) is 5.75 Å². The highest BCUT2D eigenvalue weighted by Crippen LogP contribution is 2.08. The Morgan fingerprint density at radius 1 is 1.29 bits per heavy atom. The van der Waals surface area contributed by atoms with E-state index in [0.717, 1.165) is 26.1 Å². The molecule has 1 aliphatic rings. The smallest absolute Gasteiger partial charge is 0.211 e. The predicted molar refractivity (Wildman–Crippen MR) is 70.3 cm³/mol. The number of nitrogens with one attached hydrogen (secondary N) is 1. The summed E-state index contributed by atoms with van der Waals surface area (Å²) in [6.45, 7) is 5.49. The highest BCUT2D eigenvalue weighted by atomic mass is 32.2. The van der Waals surface area contributed by atoms with Crippen molar-refractivity contribution < 1.29 is 8.42 Å². The number of nitrogens with zero attached hydrogens (tertiary/aromatic N) is 1. The van der Waals surface area contributed by atoms with E-state index in [0.29, 0.717) is 13.0 Å². The lowest BCUT2D eigenvalue weighted by Crippen LogP contribution is -2.41. The number of hydrogen-bond acceptors (Lipinski definition) is 4. The predicted octanol–water partition coefficient (Wildman–Crippen LogP) is 0.129. The van der Waals surface area contributed by atoms with Gasteiger partial charge in [0.25, 0.3) is 0 Å². The fraction of sp³-hybridized carbons (Fsp3) is 1.00. The summed E-state index contributed by atoms with van der Waals surface area (Å²) in [4.78, 5) is 2.31. The van der Waals surface area contributed by atoms with E-state index in [1.165, 1.54) is 12.8 Å². The standard InChI is InChI=1S/C11H25N3O2S/c1-11(10-14-7-3-4-8-14)13-17(15,16)9-5-2-6-12/h11,13H,2-10,12H2,1H3. The van der Waals surface area contributed by atoms with Gasteiger partial charge in [0, 0.05) is 12.6 Å². The first-order chi connectivity index (χ1) is 8.03. The maximum absolute atomic E-state index is 11.7. The zero-order valence-electron chi connectivity index (χ0n) is 10.7. The van der Waals surface area contributed by atoms with E-state index in [4.69, 9.17) is 5.73 Å². The van der Waals surface area contributed by atoms with Gasteiger partial charge in [0.1, 0.15) is 0 Å². The summed E-state index contributed by atoms with van der Waals surface area (Å²) >= 11 is 0. The average molecular weight is 263 g/mol. The molecule has 17 heavy (non-hydrogen) atoms. The quantitative estimate of drug-likeness (QED) is 0.610. The normalized spacial score (nSPS) is 19.6. The molecule has 1 rings (SSSR count). The Balaban J connectivity index is 2.25. The maximum atomic E-state index is 11.7. The van der Waals surface area contributed by atoms with Crippen molar-refractivity contribution in [3.8, 4) is 0 Å². The zero-order valence-corrected chi connectivity index (χ0v) is 11.5. The Hall–Kier alpha value is -0.170. The fourth-order valence-electron chi connectivity index (χ4n) is 2.19. The number of sulfonamides is 1. The van der Waals surface area contributed by atoms with E-state index in [1.807, 2.05) is 6.92 Å². The van der Waals surface area contributed by atoms with Crippen molar-refractivity contribution in [2.24, 2.45) is 5.73 Å². The van der Waals surface area contributed by atoms with Gasteiger partial charge in [0.2, 0.25) is 10.0 Å². The molecule has 0 aromatic heterocycles. The van der Waals surface area contributed by atoms with Gasteiger partial charge in [0.15, 0.2) is 0 Å². The van der Waals surface area contributed by atoms with Crippen molar-refractivity contribution in [1.82, 2.24) is 9.62 Å². The molecule has 1 aliphatic heterocycles. The van der Waals surface area contributed by atoms with Gasteiger partial charge < -0.3 is 10.6 Å². The van der Waals surface area contributed by atoms with Crippen molar-refractivity contribution in [2.75, 3.05) is 31.9 Å². The third-order valence-corrected chi connectivity index (χ3v) is 4.57. The topological polar surface area (TPSA) is 75.4 Å². The van der Waals surface area contributed by atoms with E-state index in [-0.39, 0.29) is 11.8 Å². The highest BCUT2D eigenvalue weighted by Gasteiger charge is 2.18. The second-order valence-corrected chi connectivity index (χ2v) is 6.71. The van der Waals surface area contributed by atoms with Crippen LogP contribution < -0.4 is 10.5 Å². The second-order valence-electron chi connectivity index (χ2n) is 4.84. The molecule has 0 amide bonds. The van der Waals surface area contributed by atoms with Crippen LogP contribution in [0.4, 0.5) is 0 Å². The van der Waals surface area contributed by atoms with Gasteiger partial charge in [-0.05, 0) is 52.2 Å². The summed E-state index contributed by atoms with van der Waals surface area (Å²) in [6.07, 6.45) is 3.87. The highest BCUT2D eigenvalue weighted by molar-refractivity contribution is 7.89. The van der Waals surface area contributed by atoms with Crippen LogP contribution in [0.1, 0.15) is 32.6 Å². The van der Waals surface area contributed by atoms with Crippen molar-refractivity contribution in [3.63, 3.8) is 0 Å². The molecule has 5 nitrogen and oxygen atoms in total. The molecule has 0 aromatic rings. The second kappa shape index (κ2) is 7.31. The molecule has 0 spiro atoms. The molecule has 0 aromatic carbocycles. The Kier molecular flexibility index (Phi) is 6.40. The van der Waals surface area contributed by atoms with Crippen LogP contribution in [0.3, 0.4) is 0 Å². The molecule has 1 heterocycles. The SMILES string of the molecule is CC(CN1CCCC1)NS(=O)(=O)CCCCN. The molecule has 1 fully saturated rings. The monoisotopic (exact) mass is 263 g/mol. The molecule has 1 unspecified atom stereocenters. The molecular weight excluding hydrogens is 238 g/mol. The summed E-state index contributed by atoms with van der Waals surface area (Å²) in [5.74, 6) is 0.189. The van der Waals surface area contributed by atoms with Gasteiger partial charge in [-0.15, -0.1) is 0 Å². The molecule has 0 radical (unpaired) electrons. The van der Waals surface area contributed by atoms with Crippen LogP contribution >= 0.6 is 0 Å². The first-order valence-corrected chi connectivity index (χ1v) is 8.11. The largest absolute Gasteiger partial charge is 0.330 e. The lowest BCUT2D eigenvalue weighted by molar-refractivity contribution is 0.312. The minimum atomic E-state index is -3.13. The summed E-state index contributed by atoms with van der Waals surface area (Å²) in [5, 5.41) is 0. The van der Waals surface area contributed by atoms with Crippen molar-refractivity contribution in [3.05, 3.63) is 0 Å². The molecule has 0 aliphatic carbocycles. The van der Waals surface area contributed by atoms with Gasteiger partial charge in [-0.1, -0.05) is 0 Å². The Bertz CT molecular complexity index is 300. The first kappa shape index (κ1) is 14.9. The van der Waals surface area contributed by atoms with E-state index in [1.54, 1.807) is 0 Å². The molecule has 1 atom stereocenters. The third-order valence-electron chi connectivity index (χ3n) is 2.98. The minimum Gasteiger partial charge on any atom is -0.330 e. The minimum absolute atomic E-state index is 0.00373. The Labute approximate surface area is 105 Å². The van der Waals surface area contributed by atoms with Crippen LogP contribution in [0.5, 0.6) is 0 Å². The number of hydrogen-bond donors (Lipinski definition) is 2. The van der Waals surface area contributed by atoms with Crippen LogP contribution in [0.25, 0.3) is 0 Å². The Morgan fingerprint density at radius 3 is 2.53 bits per heavy atom. The van der Waals surface area contributed by atoms with Crippen LogP contribution in [-0.2, 0) is 10.0 Å². The van der Waals surface area contributed by atoms with Crippen LogP contribution in [0.15, 0.2) is 0 Å². The fourth-order valence-corrected chi connectivity index (χ4v) is 3.58. The van der Waals surface area contributed by atoms with E-state index in [9.17, 15) is 8.42 Å². The van der Waals surface area contributed by atoms with Gasteiger partial charge in [-0.2, -0.15) is 0 Å². The summed E-state index contributed by atoms with van der Waals surface area (Å²) in [6, 6.07) is -0.00373. The number of unbranched alkanes of at least 4 members (excludes halogenated alkanes) is 1. The number of likely N-dealkylation sites (tertiary alicyclic amines) is 1. The molecule has 0 bridgehead atoms. The Morgan fingerprint density at radius 2 is 1.94 bits per heavy atom. The van der Waals surface area contributed by atoms with Crippen LogP contribution in [0.2, 0.25) is 0 Å². The van der Waals surface area contributed by atoms with Crippen molar-refractivity contribution in [1.29, 1.82) is 0 Å². The molecule has 6 heteroatoms. The van der Waals surface area contributed by atoms with Crippen LogP contribution in [0, 0.1) is 0 Å².